The molecule has 2 nitrogen and oxygen atoms in total. The maximum absolute atomic E-state index is 6.24. The van der Waals surface area contributed by atoms with Gasteiger partial charge >= 0.3 is 0 Å². The lowest BCUT2D eigenvalue weighted by molar-refractivity contribution is 0.329. The van der Waals surface area contributed by atoms with Crippen LogP contribution in [0.25, 0.3) is 0 Å². The molecule has 1 unspecified atom stereocenters. The second kappa shape index (κ2) is 5.10. The third-order valence-electron chi connectivity index (χ3n) is 3.73. The van der Waals surface area contributed by atoms with Crippen LogP contribution in [0.15, 0.2) is 40.6 Å². The molecule has 0 spiro atoms. The number of rotatable bonds is 3. The normalized spacial score (nSPS) is 22.9. The molecule has 1 aliphatic heterocycles. The van der Waals surface area contributed by atoms with Crippen LogP contribution in [0.2, 0.25) is 0 Å². The summed E-state index contributed by atoms with van der Waals surface area (Å²) in [6, 6.07) is 9.02. The van der Waals surface area contributed by atoms with E-state index in [-0.39, 0.29) is 0 Å². The highest BCUT2D eigenvalue weighted by Gasteiger charge is 2.38. The Morgan fingerprint density at radius 2 is 1.63 bits per heavy atom. The molecule has 3 heteroatoms. The van der Waals surface area contributed by atoms with E-state index in [4.69, 9.17) is 16.7 Å². The van der Waals surface area contributed by atoms with Gasteiger partial charge in [-0.25, -0.2) is 0 Å². The number of hydrogen-bond acceptors (Lipinski definition) is 1. The predicted molar refractivity (Wildman–Crippen MR) is 84.5 cm³/mol. The number of benzene rings is 1. The van der Waals surface area contributed by atoms with Gasteiger partial charge in [0.15, 0.2) is 5.69 Å². The van der Waals surface area contributed by atoms with Crippen LogP contribution in [0, 0.1) is 0 Å². The second-order valence-corrected chi connectivity index (χ2v) is 6.15. The van der Waals surface area contributed by atoms with E-state index >= 15 is 0 Å². The van der Waals surface area contributed by atoms with E-state index in [9.17, 15) is 0 Å². The molecule has 0 saturated heterocycles. The molecule has 2 rings (SSSR count). The summed E-state index contributed by atoms with van der Waals surface area (Å²) >= 11 is 6.24. The predicted octanol–water partition coefficient (Wildman–Crippen LogP) is 5.00. The van der Waals surface area contributed by atoms with E-state index in [2.05, 4.69) is 52.0 Å². The SMILES string of the molecule is CC1=N[N+](c2ccc(C(C)C)cc2)(C(C)C)C=C1Cl. The van der Waals surface area contributed by atoms with Gasteiger partial charge < -0.3 is 0 Å². The Balaban J connectivity index is 2.48. The zero-order valence-electron chi connectivity index (χ0n) is 12.3. The lowest BCUT2D eigenvalue weighted by Crippen LogP contribution is -2.43. The van der Waals surface area contributed by atoms with E-state index < -0.39 is 0 Å². The van der Waals surface area contributed by atoms with Crippen molar-refractivity contribution in [3.63, 3.8) is 0 Å². The van der Waals surface area contributed by atoms with Gasteiger partial charge in [-0.15, -0.1) is 4.59 Å². The average Bonchev–Trinajstić information content (AvgIpc) is 2.67. The van der Waals surface area contributed by atoms with E-state index in [1.54, 1.807) is 0 Å². The maximum Gasteiger partial charge on any atom is 0.164 e. The summed E-state index contributed by atoms with van der Waals surface area (Å²) in [6.45, 7) is 10.7. The highest BCUT2D eigenvalue weighted by molar-refractivity contribution is 6.43. The third kappa shape index (κ3) is 2.47. The average molecular weight is 278 g/mol. The minimum Gasteiger partial charge on any atom is -0.136 e. The topological polar surface area (TPSA) is 12.4 Å². The lowest BCUT2D eigenvalue weighted by Gasteiger charge is -2.29. The summed E-state index contributed by atoms with van der Waals surface area (Å²) in [4.78, 5) is 0. The molecule has 1 heterocycles. The molecule has 0 radical (unpaired) electrons. The standard InChI is InChI=1S/C16H22ClN2/c1-11(2)14-6-8-15(9-7-14)19(12(3)4)10-16(17)13(5)18-19/h6-12H,1-5H3/q+1. The van der Waals surface area contributed by atoms with Gasteiger partial charge in [0.05, 0.1) is 0 Å². The minimum absolute atomic E-state index is 0.316. The number of allylic oxidation sites excluding steroid dienone is 1. The van der Waals surface area contributed by atoms with Crippen molar-refractivity contribution in [2.45, 2.75) is 46.6 Å². The number of quaternary nitrogens is 1. The van der Waals surface area contributed by atoms with Crippen molar-refractivity contribution in [3.05, 3.63) is 41.1 Å². The van der Waals surface area contributed by atoms with Gasteiger partial charge in [-0.3, -0.25) is 0 Å². The molecule has 102 valence electrons. The Bertz CT molecular complexity index is 506. The zero-order chi connectivity index (χ0) is 14.2. The fraction of sp³-hybridized carbons (Fsp3) is 0.438. The molecule has 0 N–H and O–H groups in total. The minimum atomic E-state index is 0.316. The molecule has 0 saturated carbocycles. The Morgan fingerprint density at radius 1 is 1.05 bits per heavy atom. The molecule has 0 amide bonds. The first kappa shape index (κ1) is 14.3. The van der Waals surface area contributed by atoms with Gasteiger partial charge in [-0.1, -0.05) is 42.7 Å². The Kier molecular flexibility index (Phi) is 3.84. The quantitative estimate of drug-likeness (QED) is 0.690. The summed E-state index contributed by atoms with van der Waals surface area (Å²) in [5.41, 5.74) is 3.42. The summed E-state index contributed by atoms with van der Waals surface area (Å²) in [7, 11) is 0. The molecule has 19 heavy (non-hydrogen) atoms. The second-order valence-electron chi connectivity index (χ2n) is 5.74. The van der Waals surface area contributed by atoms with E-state index in [0.29, 0.717) is 16.6 Å². The van der Waals surface area contributed by atoms with E-state index in [1.807, 2.05) is 13.1 Å². The summed E-state index contributed by atoms with van der Waals surface area (Å²) in [5, 5.41) is 5.53. The fourth-order valence-corrected chi connectivity index (χ4v) is 2.57. The van der Waals surface area contributed by atoms with Crippen molar-refractivity contribution < 1.29 is 0 Å². The monoisotopic (exact) mass is 277 g/mol. The van der Waals surface area contributed by atoms with Crippen molar-refractivity contribution >= 4 is 23.0 Å². The molecule has 1 aliphatic rings. The third-order valence-corrected chi connectivity index (χ3v) is 4.10. The van der Waals surface area contributed by atoms with E-state index in [1.165, 1.54) is 5.56 Å². The molecule has 1 aromatic carbocycles. The van der Waals surface area contributed by atoms with Gasteiger partial charge in [0.1, 0.15) is 23.0 Å². The summed E-state index contributed by atoms with van der Waals surface area (Å²) < 4.78 is 0.461. The fourth-order valence-electron chi connectivity index (χ4n) is 2.38. The van der Waals surface area contributed by atoms with Crippen LogP contribution in [0.3, 0.4) is 0 Å². The smallest absolute Gasteiger partial charge is 0.136 e. The van der Waals surface area contributed by atoms with Gasteiger partial charge in [0, 0.05) is 12.1 Å². The summed E-state index contributed by atoms with van der Waals surface area (Å²) in [5.74, 6) is 0.546. The van der Waals surface area contributed by atoms with Crippen molar-refractivity contribution in [2.24, 2.45) is 5.10 Å². The molecule has 1 aromatic rings. The van der Waals surface area contributed by atoms with Crippen LogP contribution in [-0.2, 0) is 0 Å². The van der Waals surface area contributed by atoms with Crippen LogP contribution in [0.1, 0.15) is 46.1 Å². The largest absolute Gasteiger partial charge is 0.164 e. The molecule has 1 atom stereocenters. The van der Waals surface area contributed by atoms with Crippen molar-refractivity contribution in [1.82, 2.24) is 4.59 Å². The van der Waals surface area contributed by atoms with Crippen LogP contribution in [0.4, 0.5) is 5.69 Å². The van der Waals surface area contributed by atoms with Gasteiger partial charge in [-0.05, 0) is 32.3 Å². The van der Waals surface area contributed by atoms with Crippen LogP contribution in [0.5, 0.6) is 0 Å². The van der Waals surface area contributed by atoms with Gasteiger partial charge in [0.25, 0.3) is 0 Å². The molecule has 0 aromatic heterocycles. The number of nitrogens with zero attached hydrogens (tertiary/aromatic N) is 2. The first-order chi connectivity index (χ1) is 8.86. The molecular weight excluding hydrogens is 256 g/mol. The van der Waals surface area contributed by atoms with Crippen molar-refractivity contribution in [2.75, 3.05) is 0 Å². The number of halogens is 1. The van der Waals surface area contributed by atoms with Crippen molar-refractivity contribution in [1.29, 1.82) is 0 Å². The Labute approximate surface area is 121 Å². The van der Waals surface area contributed by atoms with Gasteiger partial charge in [-0.2, -0.15) is 0 Å². The zero-order valence-corrected chi connectivity index (χ0v) is 13.1. The highest BCUT2D eigenvalue weighted by Crippen LogP contribution is 2.35. The van der Waals surface area contributed by atoms with Gasteiger partial charge in [0.2, 0.25) is 0 Å². The molecule has 0 fully saturated rings. The lowest BCUT2D eigenvalue weighted by atomic mass is 10.0. The van der Waals surface area contributed by atoms with Crippen molar-refractivity contribution in [3.8, 4) is 0 Å². The number of hydrogen-bond donors (Lipinski definition) is 0. The highest BCUT2D eigenvalue weighted by atomic mass is 35.5. The molecular formula is C16H22ClN2+. The Morgan fingerprint density at radius 3 is 2.00 bits per heavy atom. The molecule has 0 bridgehead atoms. The first-order valence-corrected chi connectivity index (χ1v) is 7.19. The maximum atomic E-state index is 6.24. The van der Waals surface area contributed by atoms with Crippen LogP contribution in [-0.4, -0.2) is 11.8 Å². The molecule has 0 aliphatic carbocycles. The first-order valence-electron chi connectivity index (χ1n) is 6.81. The van der Waals surface area contributed by atoms with Crippen LogP contribution >= 0.6 is 11.6 Å². The summed E-state index contributed by atoms with van der Waals surface area (Å²) in [6.07, 6.45) is 2.03. The van der Waals surface area contributed by atoms with Crippen LogP contribution < -0.4 is 4.59 Å². The van der Waals surface area contributed by atoms with E-state index in [0.717, 1.165) is 16.4 Å². The Hall–Kier alpha value is -1.12.